The van der Waals surface area contributed by atoms with Gasteiger partial charge in [0.25, 0.3) is 5.91 Å². The number of likely N-dealkylation sites (N-methyl/N-ethyl adjacent to an activating group) is 2. The van der Waals surface area contributed by atoms with E-state index in [1.165, 1.54) is 7.11 Å². The Hall–Kier alpha value is -4.74. The van der Waals surface area contributed by atoms with Crippen molar-refractivity contribution in [2.75, 3.05) is 34.9 Å². The van der Waals surface area contributed by atoms with Gasteiger partial charge in [0, 0.05) is 89.1 Å². The third-order valence-electron chi connectivity index (χ3n) is 15.1. The number of nitrogens with one attached hydrogen (secondary N) is 3. The number of hydrogen-bond donors (Lipinski definition) is 4. The highest BCUT2D eigenvalue weighted by atomic mass is 32.2. The first-order valence-corrected chi connectivity index (χ1v) is 29.9. The number of likely N-dealkylation sites (tertiary alicyclic amines) is 1. The van der Waals surface area contributed by atoms with E-state index in [0.29, 0.717) is 56.5 Å². The minimum absolute atomic E-state index is 0.00879. The van der Waals surface area contributed by atoms with Crippen molar-refractivity contribution in [3.8, 4) is 0 Å². The molecule has 20 nitrogen and oxygen atoms in total. The summed E-state index contributed by atoms with van der Waals surface area (Å²) in [6.45, 7) is 14.1. The number of Topliss-reactive ketones (excluding diaryl/α,β-unsaturated/α-hetero) is 2. The van der Waals surface area contributed by atoms with Crippen LogP contribution in [0.2, 0.25) is 0 Å². The number of aromatic nitrogens is 2. The molecule has 4 amide bonds. The molecule has 0 radical (unpaired) electrons. The summed E-state index contributed by atoms with van der Waals surface area (Å²) in [7, 11) is -0.815. The monoisotopic (exact) mass is 1100 g/mol. The number of hydrogen-bond acceptors (Lipinski definition) is 16. The van der Waals surface area contributed by atoms with E-state index >= 15 is 0 Å². The normalized spacial score (nSPS) is 19.4. The van der Waals surface area contributed by atoms with Gasteiger partial charge in [0.05, 0.1) is 59.2 Å². The van der Waals surface area contributed by atoms with Gasteiger partial charge in [0.15, 0.2) is 5.78 Å². The Bertz CT molecular complexity index is 2460. The molecule has 3 fully saturated rings. The Balaban J connectivity index is 0.000000578. The molecule has 76 heavy (non-hydrogen) atoms. The molecule has 2 aliphatic carbocycles. The number of nitrogens with zero attached hydrogens (tertiary/aromatic N) is 4. The zero-order valence-corrected chi connectivity index (χ0v) is 48.1. The highest BCUT2D eigenvalue weighted by molar-refractivity contribution is 7.91. The van der Waals surface area contributed by atoms with Crippen LogP contribution in [0, 0.1) is 35.5 Å². The molecule has 0 spiro atoms. The molecule has 5 N–H and O–H groups in total. The second kappa shape index (κ2) is 29.3. The summed E-state index contributed by atoms with van der Waals surface area (Å²) in [6.07, 6.45) is 6.19. The van der Waals surface area contributed by atoms with Crippen LogP contribution in [0.4, 0.5) is 0 Å². The number of ketones is 2. The average Bonchev–Trinajstić information content (AvgIpc) is 4.33. The van der Waals surface area contributed by atoms with Crippen molar-refractivity contribution < 1.29 is 55.1 Å². The van der Waals surface area contributed by atoms with E-state index in [1.54, 1.807) is 86.7 Å². The number of carbonyl (C=O) groups excluding carboxylic acids is 6. The number of ether oxygens (including phenoxy) is 2. The topological polar surface area (TPSA) is 284 Å². The summed E-state index contributed by atoms with van der Waals surface area (Å²) >= 11 is 0. The van der Waals surface area contributed by atoms with Crippen molar-refractivity contribution in [2.24, 2.45) is 41.2 Å². The van der Waals surface area contributed by atoms with E-state index in [0.717, 1.165) is 6.42 Å². The second-order valence-corrected chi connectivity index (χ2v) is 25.5. The molecule has 1 saturated heterocycles. The third kappa shape index (κ3) is 18.2. The molecule has 1 aliphatic heterocycles. The highest BCUT2D eigenvalue weighted by Crippen LogP contribution is 2.33. The maximum Gasteiger partial charge on any atom is 0.250 e. The van der Waals surface area contributed by atoms with E-state index < -0.39 is 90.4 Å². The number of sulfonamides is 2. The van der Waals surface area contributed by atoms with Crippen molar-refractivity contribution >= 4 is 55.2 Å². The van der Waals surface area contributed by atoms with Gasteiger partial charge in [-0.25, -0.2) is 16.8 Å². The average molecular weight is 1100 g/mol. The molecule has 0 bridgehead atoms. The van der Waals surface area contributed by atoms with Gasteiger partial charge in [0.2, 0.25) is 37.8 Å². The number of rotatable bonds is 30. The predicted octanol–water partition coefficient (Wildman–Crippen LogP) is 3.76. The van der Waals surface area contributed by atoms with E-state index in [1.807, 2.05) is 46.3 Å². The van der Waals surface area contributed by atoms with Gasteiger partial charge in [-0.2, -0.15) is 0 Å². The maximum absolute atomic E-state index is 14.3. The van der Waals surface area contributed by atoms with Crippen molar-refractivity contribution in [3.05, 3.63) is 60.2 Å². The van der Waals surface area contributed by atoms with Crippen LogP contribution in [0.5, 0.6) is 0 Å². The Morgan fingerprint density at radius 3 is 1.76 bits per heavy atom. The first-order chi connectivity index (χ1) is 35.8. The van der Waals surface area contributed by atoms with Crippen LogP contribution in [-0.4, -0.2) is 154 Å². The van der Waals surface area contributed by atoms with Gasteiger partial charge in [-0.05, 0) is 87.6 Å². The summed E-state index contributed by atoms with van der Waals surface area (Å²) in [5, 5.41) is 2.07. The van der Waals surface area contributed by atoms with Gasteiger partial charge in [-0.1, -0.05) is 67.0 Å². The van der Waals surface area contributed by atoms with Crippen LogP contribution >= 0.6 is 0 Å². The van der Waals surface area contributed by atoms with Crippen LogP contribution in [0.25, 0.3) is 0 Å². The molecule has 426 valence electrons. The lowest BCUT2D eigenvalue weighted by Gasteiger charge is -2.41. The number of carbonyl (C=O) groups is 6. The molecular formula is C54H86N8O12S2. The Morgan fingerprint density at radius 2 is 1.30 bits per heavy atom. The quantitative estimate of drug-likeness (QED) is 0.0866. The van der Waals surface area contributed by atoms with Gasteiger partial charge in [0.1, 0.15) is 5.78 Å². The summed E-state index contributed by atoms with van der Waals surface area (Å²) in [6, 6.07) is 8.34. The minimum atomic E-state index is -3.83. The molecular weight excluding hydrogens is 1020 g/mol. The lowest BCUT2D eigenvalue weighted by molar-refractivity contribution is -0.149. The minimum Gasteiger partial charge on any atom is -0.379 e. The molecule has 2 saturated carbocycles. The fraction of sp³-hybridized carbons (Fsp3) is 0.704. The molecule has 2 aromatic rings. The van der Waals surface area contributed by atoms with Crippen molar-refractivity contribution in [1.29, 1.82) is 0 Å². The number of pyridine rings is 2. The van der Waals surface area contributed by atoms with Gasteiger partial charge in [-0.15, -0.1) is 0 Å². The zero-order valence-electron chi connectivity index (χ0n) is 46.5. The largest absolute Gasteiger partial charge is 0.379 e. The maximum atomic E-state index is 14.3. The van der Waals surface area contributed by atoms with Crippen LogP contribution in [-0.2, 0) is 71.1 Å². The van der Waals surface area contributed by atoms with Crippen LogP contribution < -0.4 is 20.5 Å². The lowest BCUT2D eigenvalue weighted by Crippen LogP contribution is -2.54. The standard InChI is InChI=1S/C43H71N5O9S.C11H15N3O3S/c1-12-28(6)40(47(9)43(53)33(26(2)3)24-36(50)39(44-8)27(4)5)37(56-10)25-38(51)48-21-15-17-34(48)41(57-11)29(7)35(49)23-30(22-31-16-13-14-20-45-31)42(52)46-58(54,55)32-18-19-32;12-10(7-8-3-1-2-6-13-8)11(15)14-18(16,17)9-4-5-9/h13-14,16,20,26-30,32-34,37,39-41,44H,12,15,17-19,21-25H2,1-11H3,(H,46,52);1-3,6,9-10H,4-5,7,12H2,(H,14,15)/t28-,29-,30+,33-,34-,37+,39-,40-,41+;10-/m00/s1. The van der Waals surface area contributed by atoms with Crippen LogP contribution in [0.15, 0.2) is 48.8 Å². The Kier molecular flexibility index (Phi) is 24.6. The molecule has 22 heteroatoms. The van der Waals surface area contributed by atoms with E-state index in [9.17, 15) is 45.6 Å². The molecule has 3 aliphatic rings. The van der Waals surface area contributed by atoms with E-state index in [4.69, 9.17) is 15.2 Å². The van der Waals surface area contributed by atoms with Crippen molar-refractivity contribution in [1.82, 2.24) is 34.5 Å². The second-order valence-electron chi connectivity index (χ2n) is 21.6. The smallest absolute Gasteiger partial charge is 0.250 e. The summed E-state index contributed by atoms with van der Waals surface area (Å²) in [5.74, 6) is -4.38. The third-order valence-corrected chi connectivity index (χ3v) is 18.8. The van der Waals surface area contributed by atoms with Crippen LogP contribution in [0.1, 0.15) is 124 Å². The van der Waals surface area contributed by atoms with Gasteiger partial charge < -0.3 is 30.3 Å². The SMILES string of the molecule is CC[C@H](C)[C@@H]([C@@H](CC(=O)N1CCC[C@H]1[C@H](OC)[C@@H](C)C(=O)C[C@@H](Cc1ccccn1)C(=O)NS(=O)(=O)C1CC1)OC)N(C)C(=O)[C@@H](CC(=O)[C@@H](NC)C(C)C)C(C)C.N[C@@H](Cc1ccccn1)C(=O)NS(=O)(=O)C1CC1. The fourth-order valence-corrected chi connectivity index (χ4v) is 12.8. The predicted molar refractivity (Wildman–Crippen MR) is 289 cm³/mol. The zero-order chi connectivity index (χ0) is 56.7. The number of nitrogens with two attached hydrogens (primary N) is 1. The summed E-state index contributed by atoms with van der Waals surface area (Å²) in [5.41, 5.74) is 6.87. The number of amides is 4. The van der Waals surface area contributed by atoms with Crippen LogP contribution in [0.3, 0.4) is 0 Å². The van der Waals surface area contributed by atoms with Crippen molar-refractivity contribution in [3.63, 3.8) is 0 Å². The molecule has 0 unspecified atom stereocenters. The summed E-state index contributed by atoms with van der Waals surface area (Å²) in [4.78, 5) is 92.7. The summed E-state index contributed by atoms with van der Waals surface area (Å²) < 4.78 is 64.7. The molecule has 3 heterocycles. The first kappa shape index (κ1) is 63.8. The van der Waals surface area contributed by atoms with Crippen molar-refractivity contribution in [2.45, 2.75) is 172 Å². The first-order valence-electron chi connectivity index (χ1n) is 26.8. The Labute approximate surface area is 451 Å². The highest BCUT2D eigenvalue weighted by Gasteiger charge is 2.45. The van der Waals surface area contributed by atoms with E-state index in [2.05, 4.69) is 20.0 Å². The molecule has 2 aromatic heterocycles. The Morgan fingerprint density at radius 1 is 0.750 bits per heavy atom. The lowest BCUT2D eigenvalue weighted by atomic mass is 9.84. The fourth-order valence-electron chi connectivity index (χ4n) is 10.1. The molecule has 5 rings (SSSR count). The number of methoxy groups -OCH3 is 2. The van der Waals surface area contributed by atoms with Gasteiger partial charge >= 0.3 is 0 Å². The van der Waals surface area contributed by atoms with E-state index in [-0.39, 0.29) is 79.3 Å². The van der Waals surface area contributed by atoms with Gasteiger partial charge in [-0.3, -0.25) is 48.2 Å². The molecule has 10 atom stereocenters. The molecule has 0 aromatic carbocycles.